The van der Waals surface area contributed by atoms with Crippen molar-refractivity contribution in [3.63, 3.8) is 0 Å². The van der Waals surface area contributed by atoms with Gasteiger partial charge in [-0.3, -0.25) is 9.69 Å². The molecule has 1 fully saturated rings. The van der Waals surface area contributed by atoms with E-state index < -0.39 is 0 Å². The molecule has 1 amide bonds. The van der Waals surface area contributed by atoms with Crippen molar-refractivity contribution in [2.75, 3.05) is 26.2 Å². The molecule has 0 atom stereocenters. The second-order valence-corrected chi connectivity index (χ2v) is 6.92. The number of rotatable bonds is 3. The molecule has 4 rings (SSSR count). The Morgan fingerprint density at radius 3 is 2.71 bits per heavy atom. The van der Waals surface area contributed by atoms with Gasteiger partial charge in [-0.2, -0.15) is 0 Å². The summed E-state index contributed by atoms with van der Waals surface area (Å²) in [6.45, 7) is 3.71. The van der Waals surface area contributed by atoms with Gasteiger partial charge in [-0.15, -0.1) is 11.3 Å². The monoisotopic (exact) mass is 343 g/mol. The van der Waals surface area contributed by atoms with Crippen molar-refractivity contribution in [2.24, 2.45) is 0 Å². The van der Waals surface area contributed by atoms with Crippen molar-refractivity contribution in [3.05, 3.63) is 51.6 Å². The maximum absolute atomic E-state index is 12.3. The van der Waals surface area contributed by atoms with E-state index in [-0.39, 0.29) is 11.6 Å². The van der Waals surface area contributed by atoms with E-state index in [0.717, 1.165) is 30.2 Å². The van der Waals surface area contributed by atoms with Crippen LogP contribution in [0.25, 0.3) is 10.2 Å². The van der Waals surface area contributed by atoms with E-state index in [1.807, 2.05) is 18.2 Å². The highest BCUT2D eigenvalue weighted by atomic mass is 32.1. The van der Waals surface area contributed by atoms with Crippen LogP contribution in [0.4, 0.5) is 0 Å². The van der Waals surface area contributed by atoms with Gasteiger partial charge in [-0.1, -0.05) is 12.1 Å². The Morgan fingerprint density at radius 1 is 1.21 bits per heavy atom. The van der Waals surface area contributed by atoms with Crippen molar-refractivity contribution in [1.82, 2.24) is 24.8 Å². The molecule has 1 aliphatic heterocycles. The van der Waals surface area contributed by atoms with Crippen LogP contribution in [0.2, 0.25) is 0 Å². The smallest absolute Gasteiger partial charge is 0.323 e. The lowest BCUT2D eigenvalue weighted by atomic mass is 10.3. The van der Waals surface area contributed by atoms with Gasteiger partial charge in [0.1, 0.15) is 10.7 Å². The van der Waals surface area contributed by atoms with Crippen LogP contribution in [0.15, 0.2) is 35.3 Å². The average molecular weight is 343 g/mol. The molecule has 8 heteroatoms. The zero-order chi connectivity index (χ0) is 16.5. The Bertz CT molecular complexity index is 887. The molecule has 0 spiro atoms. The molecule has 2 aromatic heterocycles. The first-order valence-corrected chi connectivity index (χ1v) is 8.64. The lowest BCUT2D eigenvalue weighted by Gasteiger charge is -2.33. The Hall–Kier alpha value is -2.45. The summed E-state index contributed by atoms with van der Waals surface area (Å²) in [6.07, 6.45) is 1.43. The van der Waals surface area contributed by atoms with Crippen molar-refractivity contribution in [3.8, 4) is 0 Å². The van der Waals surface area contributed by atoms with Gasteiger partial charge in [-0.25, -0.2) is 9.78 Å². The molecule has 1 saturated heterocycles. The lowest BCUT2D eigenvalue weighted by Crippen LogP contribution is -2.48. The number of thiazole rings is 1. The van der Waals surface area contributed by atoms with Crippen LogP contribution in [0.1, 0.15) is 15.5 Å². The predicted octanol–water partition coefficient (Wildman–Crippen LogP) is 1.27. The number of piperazine rings is 1. The highest BCUT2D eigenvalue weighted by Crippen LogP contribution is 2.23. The number of nitrogens with zero attached hydrogens (tertiary/aromatic N) is 3. The Kier molecular flexibility index (Phi) is 3.91. The molecule has 124 valence electrons. The summed E-state index contributed by atoms with van der Waals surface area (Å²) in [5, 5.41) is 1.10. The van der Waals surface area contributed by atoms with Crippen LogP contribution in [-0.4, -0.2) is 56.8 Å². The maximum atomic E-state index is 12.3. The number of para-hydroxylation sites is 1. The Morgan fingerprint density at radius 2 is 2.00 bits per heavy atom. The number of benzene rings is 1. The summed E-state index contributed by atoms with van der Waals surface area (Å²) in [5.41, 5.74) is 1.01. The van der Waals surface area contributed by atoms with E-state index in [2.05, 4.69) is 25.9 Å². The van der Waals surface area contributed by atoms with Crippen molar-refractivity contribution >= 4 is 27.5 Å². The van der Waals surface area contributed by atoms with Gasteiger partial charge in [0, 0.05) is 32.4 Å². The SMILES string of the molecule is O=C(c1c[nH]c(=O)[nH]1)N1CCN(Cc2nc3ccccc3s2)CC1. The normalized spacial score (nSPS) is 15.9. The van der Waals surface area contributed by atoms with E-state index >= 15 is 0 Å². The molecule has 2 N–H and O–H groups in total. The van der Waals surface area contributed by atoms with Gasteiger partial charge >= 0.3 is 5.69 Å². The first kappa shape index (κ1) is 15.1. The fraction of sp³-hybridized carbons (Fsp3) is 0.312. The second kappa shape index (κ2) is 6.21. The van der Waals surface area contributed by atoms with Gasteiger partial charge < -0.3 is 14.9 Å². The number of nitrogens with one attached hydrogen (secondary N) is 2. The third-order valence-electron chi connectivity index (χ3n) is 4.18. The fourth-order valence-electron chi connectivity index (χ4n) is 2.91. The number of carbonyl (C=O) groups is 1. The standard InChI is InChI=1S/C16H17N5O2S/c22-15(12-9-17-16(23)19-12)21-7-5-20(6-8-21)10-14-18-11-3-1-2-4-13(11)24-14/h1-4,9H,5-8,10H2,(H2,17,19,23). The van der Waals surface area contributed by atoms with E-state index in [1.165, 1.54) is 10.9 Å². The van der Waals surface area contributed by atoms with Crippen LogP contribution in [-0.2, 0) is 6.54 Å². The summed E-state index contributed by atoms with van der Waals surface area (Å²) in [5.74, 6) is -0.131. The molecule has 0 radical (unpaired) electrons. The maximum Gasteiger partial charge on any atom is 0.323 e. The molecule has 0 bridgehead atoms. The lowest BCUT2D eigenvalue weighted by molar-refractivity contribution is 0.0623. The average Bonchev–Trinajstić information content (AvgIpc) is 3.20. The number of aromatic amines is 2. The Labute approximate surface area is 141 Å². The topological polar surface area (TPSA) is 85.1 Å². The number of imidazole rings is 1. The molecule has 3 aromatic rings. The third kappa shape index (κ3) is 2.98. The molecule has 24 heavy (non-hydrogen) atoms. The molecule has 0 saturated carbocycles. The highest BCUT2D eigenvalue weighted by molar-refractivity contribution is 7.18. The summed E-state index contributed by atoms with van der Waals surface area (Å²) in [6, 6.07) is 8.15. The molecular formula is C16H17N5O2S. The van der Waals surface area contributed by atoms with E-state index in [4.69, 9.17) is 0 Å². The molecule has 3 heterocycles. The Balaban J connectivity index is 1.37. The third-order valence-corrected chi connectivity index (χ3v) is 5.20. The van der Waals surface area contributed by atoms with Gasteiger partial charge in [0.05, 0.1) is 16.8 Å². The quantitative estimate of drug-likeness (QED) is 0.750. The number of amides is 1. The molecule has 7 nitrogen and oxygen atoms in total. The van der Waals surface area contributed by atoms with Crippen molar-refractivity contribution in [1.29, 1.82) is 0 Å². The van der Waals surface area contributed by atoms with Crippen LogP contribution in [0, 0.1) is 0 Å². The van der Waals surface area contributed by atoms with Gasteiger partial charge in [-0.05, 0) is 12.1 Å². The van der Waals surface area contributed by atoms with Gasteiger partial charge in [0.2, 0.25) is 0 Å². The van der Waals surface area contributed by atoms with Crippen LogP contribution in [0.5, 0.6) is 0 Å². The van der Waals surface area contributed by atoms with Crippen molar-refractivity contribution < 1.29 is 4.79 Å². The van der Waals surface area contributed by atoms with Crippen LogP contribution >= 0.6 is 11.3 Å². The summed E-state index contributed by atoms with van der Waals surface area (Å²) >= 11 is 1.72. The zero-order valence-electron chi connectivity index (χ0n) is 13.0. The minimum atomic E-state index is -0.354. The number of aromatic nitrogens is 3. The summed E-state index contributed by atoms with van der Waals surface area (Å²) in [7, 11) is 0. The number of hydrogen-bond donors (Lipinski definition) is 2. The van der Waals surface area contributed by atoms with Gasteiger partial charge in [0.25, 0.3) is 5.91 Å². The first-order valence-electron chi connectivity index (χ1n) is 7.83. The van der Waals surface area contributed by atoms with Crippen molar-refractivity contribution in [2.45, 2.75) is 6.54 Å². The first-order chi connectivity index (χ1) is 11.7. The molecule has 0 aliphatic carbocycles. The molecular weight excluding hydrogens is 326 g/mol. The highest BCUT2D eigenvalue weighted by Gasteiger charge is 2.23. The van der Waals surface area contributed by atoms with E-state index in [9.17, 15) is 9.59 Å². The fourth-order valence-corrected chi connectivity index (χ4v) is 3.92. The van der Waals surface area contributed by atoms with E-state index in [1.54, 1.807) is 16.2 Å². The minimum absolute atomic E-state index is 0.131. The second-order valence-electron chi connectivity index (χ2n) is 5.80. The number of H-pyrrole nitrogens is 2. The number of carbonyl (C=O) groups excluding carboxylic acids is 1. The van der Waals surface area contributed by atoms with Gasteiger partial charge in [0.15, 0.2) is 0 Å². The zero-order valence-corrected chi connectivity index (χ0v) is 13.8. The number of hydrogen-bond acceptors (Lipinski definition) is 5. The number of fused-ring (bicyclic) bond motifs is 1. The van der Waals surface area contributed by atoms with Crippen LogP contribution in [0.3, 0.4) is 0 Å². The minimum Gasteiger partial charge on any atom is -0.335 e. The predicted molar refractivity (Wildman–Crippen MR) is 92.2 cm³/mol. The molecule has 1 aliphatic rings. The summed E-state index contributed by atoms with van der Waals surface area (Å²) in [4.78, 5) is 37.1. The summed E-state index contributed by atoms with van der Waals surface area (Å²) < 4.78 is 1.21. The van der Waals surface area contributed by atoms with Crippen LogP contribution < -0.4 is 5.69 Å². The largest absolute Gasteiger partial charge is 0.335 e. The van der Waals surface area contributed by atoms with E-state index in [0.29, 0.717) is 18.8 Å². The molecule has 1 aromatic carbocycles. The molecule has 0 unspecified atom stereocenters.